The van der Waals surface area contributed by atoms with Crippen molar-refractivity contribution < 1.29 is 39.5 Å². The Hall–Kier alpha value is -3.17. The van der Waals surface area contributed by atoms with Gasteiger partial charge in [-0.1, -0.05) is 19.9 Å². The number of hydrogen-bond acceptors (Lipinski definition) is 9. The molecule has 0 radical (unpaired) electrons. The van der Waals surface area contributed by atoms with Crippen molar-refractivity contribution >= 4 is 28.8 Å². The average molecular weight is 498 g/mol. The molecule has 4 aliphatic rings. The van der Waals surface area contributed by atoms with Crippen molar-refractivity contribution in [2.45, 2.75) is 39.2 Å². The summed E-state index contributed by atoms with van der Waals surface area (Å²) in [5.41, 5.74) is -1.88. The number of carbonyl (C=O) groups is 3. The molecule has 1 aromatic carbocycles. The summed E-state index contributed by atoms with van der Waals surface area (Å²) in [6.45, 7) is 6.78. The molecule has 1 saturated heterocycles. The van der Waals surface area contributed by atoms with E-state index >= 15 is 0 Å². The minimum absolute atomic E-state index is 0.0954. The molecule has 0 aromatic heterocycles. The van der Waals surface area contributed by atoms with E-state index in [-0.39, 0.29) is 29.2 Å². The molecule has 0 amide bonds. The van der Waals surface area contributed by atoms with Gasteiger partial charge in [-0.15, -0.1) is 0 Å². The first-order valence-corrected chi connectivity index (χ1v) is 12.4. The Balaban J connectivity index is 1.67. The SMILES string of the molecule is CC(=O)C1=C(O)[C@]2(O)C(=O)C3=C(O)c4c(ccc(N5CCOCC5)c4O)C[C@@H]3C[C@@H]2C(C(C)C)C1=O. The van der Waals surface area contributed by atoms with Crippen LogP contribution >= 0.6 is 0 Å². The van der Waals surface area contributed by atoms with Crippen LogP contribution < -0.4 is 4.90 Å². The van der Waals surface area contributed by atoms with E-state index in [1.807, 2.05) is 11.0 Å². The number of anilines is 1. The molecule has 2 fully saturated rings. The van der Waals surface area contributed by atoms with Crippen molar-refractivity contribution in [3.05, 3.63) is 40.2 Å². The predicted molar refractivity (Wildman–Crippen MR) is 130 cm³/mol. The Morgan fingerprint density at radius 2 is 1.81 bits per heavy atom. The van der Waals surface area contributed by atoms with E-state index < -0.39 is 57.8 Å². The van der Waals surface area contributed by atoms with Crippen LogP contribution in [-0.2, 0) is 25.5 Å². The fraction of sp³-hybridized carbons (Fsp3) is 0.519. The number of nitrogens with zero attached hydrogens (tertiary/aromatic N) is 1. The Kier molecular flexibility index (Phi) is 5.76. The number of allylic oxidation sites excluding steroid dienone is 1. The van der Waals surface area contributed by atoms with Crippen LogP contribution in [0, 0.1) is 23.7 Å². The van der Waals surface area contributed by atoms with E-state index in [1.54, 1.807) is 19.9 Å². The smallest absolute Gasteiger partial charge is 0.202 e. The number of phenols is 1. The van der Waals surface area contributed by atoms with Crippen LogP contribution in [-0.4, -0.2) is 69.7 Å². The number of aromatic hydroxyl groups is 1. The van der Waals surface area contributed by atoms with Gasteiger partial charge >= 0.3 is 0 Å². The molecular weight excluding hydrogens is 466 g/mol. The molecule has 36 heavy (non-hydrogen) atoms. The monoisotopic (exact) mass is 497 g/mol. The summed E-state index contributed by atoms with van der Waals surface area (Å²) >= 11 is 0. The number of ether oxygens (including phenoxy) is 1. The van der Waals surface area contributed by atoms with Gasteiger partial charge in [0.25, 0.3) is 0 Å². The van der Waals surface area contributed by atoms with E-state index in [0.717, 1.165) is 6.92 Å². The highest BCUT2D eigenvalue weighted by Crippen LogP contribution is 2.55. The molecular formula is C27H31NO8. The number of rotatable bonds is 3. The summed E-state index contributed by atoms with van der Waals surface area (Å²) in [6.07, 6.45) is 0.462. The van der Waals surface area contributed by atoms with Gasteiger partial charge in [0.1, 0.15) is 22.8 Å². The third kappa shape index (κ3) is 3.25. The van der Waals surface area contributed by atoms with Crippen LogP contribution in [0.2, 0.25) is 0 Å². The van der Waals surface area contributed by atoms with Gasteiger partial charge in [-0.2, -0.15) is 0 Å². The molecule has 1 aliphatic heterocycles. The third-order valence-corrected chi connectivity index (χ3v) is 8.28. The van der Waals surface area contributed by atoms with E-state index in [4.69, 9.17) is 4.74 Å². The van der Waals surface area contributed by atoms with Gasteiger partial charge in [-0.05, 0) is 43.2 Å². The number of benzene rings is 1. The van der Waals surface area contributed by atoms with Crippen LogP contribution in [0.4, 0.5) is 5.69 Å². The minimum Gasteiger partial charge on any atom is -0.508 e. The topological polar surface area (TPSA) is 145 Å². The minimum atomic E-state index is -2.52. The second-order valence-electron chi connectivity index (χ2n) is 10.6. The molecule has 9 heteroatoms. The molecule has 1 aromatic rings. The van der Waals surface area contributed by atoms with Crippen molar-refractivity contribution in [1.82, 2.24) is 0 Å². The molecule has 5 rings (SSSR count). The highest BCUT2D eigenvalue weighted by atomic mass is 16.5. The van der Waals surface area contributed by atoms with Crippen LogP contribution in [0.1, 0.15) is 38.3 Å². The molecule has 1 heterocycles. The zero-order valence-corrected chi connectivity index (χ0v) is 20.6. The number of Topliss-reactive ketones (excluding diaryl/α,β-unsaturated/α-hetero) is 3. The number of hydrogen-bond donors (Lipinski definition) is 4. The van der Waals surface area contributed by atoms with Gasteiger partial charge < -0.3 is 30.1 Å². The van der Waals surface area contributed by atoms with Gasteiger partial charge in [0.05, 0.1) is 24.5 Å². The summed E-state index contributed by atoms with van der Waals surface area (Å²) in [4.78, 5) is 41.3. The van der Waals surface area contributed by atoms with E-state index in [1.165, 1.54) is 0 Å². The quantitative estimate of drug-likeness (QED) is 0.462. The summed E-state index contributed by atoms with van der Waals surface area (Å²) in [5, 5.41) is 45.2. The number of ketones is 3. The molecule has 4 atom stereocenters. The van der Waals surface area contributed by atoms with Gasteiger partial charge in [-0.25, -0.2) is 0 Å². The Morgan fingerprint density at radius 3 is 2.42 bits per heavy atom. The van der Waals surface area contributed by atoms with Gasteiger partial charge in [-0.3, -0.25) is 14.4 Å². The largest absolute Gasteiger partial charge is 0.508 e. The number of morpholine rings is 1. The maximum absolute atomic E-state index is 13.9. The first kappa shape index (κ1) is 24.5. The number of aliphatic hydroxyl groups is 3. The van der Waals surface area contributed by atoms with Crippen molar-refractivity contribution in [3.63, 3.8) is 0 Å². The normalized spacial score (nSPS) is 30.4. The van der Waals surface area contributed by atoms with Crippen molar-refractivity contribution in [2.75, 3.05) is 31.2 Å². The van der Waals surface area contributed by atoms with Gasteiger partial charge in [0, 0.05) is 30.5 Å². The fourth-order valence-corrected chi connectivity index (χ4v) is 6.61. The lowest BCUT2D eigenvalue weighted by molar-refractivity contribution is -0.155. The lowest BCUT2D eigenvalue weighted by atomic mass is 9.54. The van der Waals surface area contributed by atoms with Crippen molar-refractivity contribution in [1.29, 1.82) is 0 Å². The maximum atomic E-state index is 13.9. The highest BCUT2D eigenvalue weighted by Gasteiger charge is 2.63. The van der Waals surface area contributed by atoms with E-state index in [2.05, 4.69) is 0 Å². The first-order valence-electron chi connectivity index (χ1n) is 12.4. The summed E-state index contributed by atoms with van der Waals surface area (Å²) < 4.78 is 5.38. The summed E-state index contributed by atoms with van der Waals surface area (Å²) in [7, 11) is 0. The zero-order chi connectivity index (χ0) is 26.1. The van der Waals surface area contributed by atoms with Crippen LogP contribution in [0.3, 0.4) is 0 Å². The predicted octanol–water partition coefficient (Wildman–Crippen LogP) is 2.25. The van der Waals surface area contributed by atoms with Gasteiger partial charge in [0.2, 0.25) is 5.78 Å². The molecule has 4 N–H and O–H groups in total. The Labute approximate surface area is 208 Å². The standard InChI is InChI=1S/C27H31NO8/c1-12(2)18-16-11-15-10-14-4-5-17(28-6-8-36-9-7-28)22(30)20(14)24(32)21(15)26(34)27(16,35)25(33)19(13(3)29)23(18)31/h4-5,12,15-16,18,30,32-33,35H,6-11H2,1-3H3/t15-,16-,18?,27+/m1/s1. The van der Waals surface area contributed by atoms with Crippen LogP contribution in [0.5, 0.6) is 5.75 Å². The number of carbonyl (C=O) groups excluding carboxylic acids is 3. The second kappa shape index (κ2) is 8.45. The molecule has 9 nitrogen and oxygen atoms in total. The zero-order valence-electron chi connectivity index (χ0n) is 20.6. The molecule has 0 bridgehead atoms. The van der Waals surface area contributed by atoms with E-state index in [9.17, 15) is 34.8 Å². The summed E-state index contributed by atoms with van der Waals surface area (Å²) in [6, 6.07) is 3.60. The lowest BCUT2D eigenvalue weighted by Crippen LogP contribution is -2.61. The number of fused-ring (bicyclic) bond motifs is 3. The summed E-state index contributed by atoms with van der Waals surface area (Å²) in [5.74, 6) is -6.42. The van der Waals surface area contributed by atoms with Crippen LogP contribution in [0.25, 0.3) is 5.76 Å². The highest BCUT2D eigenvalue weighted by molar-refractivity contribution is 6.24. The molecule has 1 saturated carbocycles. The fourth-order valence-electron chi connectivity index (χ4n) is 6.61. The first-order chi connectivity index (χ1) is 17.0. The Morgan fingerprint density at radius 1 is 1.14 bits per heavy atom. The van der Waals surface area contributed by atoms with Crippen molar-refractivity contribution in [2.24, 2.45) is 23.7 Å². The van der Waals surface area contributed by atoms with E-state index in [0.29, 0.717) is 44.0 Å². The second-order valence-corrected chi connectivity index (χ2v) is 10.6. The number of aliphatic hydroxyl groups excluding tert-OH is 2. The Bertz CT molecular complexity index is 1240. The van der Waals surface area contributed by atoms with Crippen LogP contribution in [0.15, 0.2) is 29.0 Å². The van der Waals surface area contributed by atoms with Gasteiger partial charge in [0.15, 0.2) is 17.2 Å². The third-order valence-electron chi connectivity index (χ3n) is 8.28. The number of phenolic OH excluding ortho intramolecular Hbond substituents is 1. The average Bonchev–Trinajstić information content (AvgIpc) is 2.81. The maximum Gasteiger partial charge on any atom is 0.202 e. The molecule has 3 aliphatic carbocycles. The molecule has 0 spiro atoms. The molecule has 1 unspecified atom stereocenters. The van der Waals surface area contributed by atoms with Crippen molar-refractivity contribution in [3.8, 4) is 5.75 Å². The molecule has 192 valence electrons. The lowest BCUT2D eigenvalue weighted by Gasteiger charge is -2.50.